The lowest BCUT2D eigenvalue weighted by atomic mass is 9.99. The van der Waals surface area contributed by atoms with Crippen LogP contribution in [0.2, 0.25) is 0 Å². The summed E-state index contributed by atoms with van der Waals surface area (Å²) in [6, 6.07) is 7.79. The second-order valence-electron chi connectivity index (χ2n) is 9.73. The molecule has 0 spiro atoms. The van der Waals surface area contributed by atoms with Gasteiger partial charge in [0.15, 0.2) is 5.78 Å². The van der Waals surface area contributed by atoms with Crippen LogP contribution in [0.4, 0.5) is 0 Å². The molecule has 2 aromatic carbocycles. The minimum Gasteiger partial charge on any atom is -0.508 e. The number of hydrogen-bond donors (Lipinski definition) is 10. The van der Waals surface area contributed by atoms with Crippen LogP contribution in [0.25, 0.3) is 6.08 Å². The van der Waals surface area contributed by atoms with E-state index in [1.165, 1.54) is 30.3 Å². The van der Waals surface area contributed by atoms with Crippen LogP contribution < -0.4 is 9.47 Å². The molecule has 230 valence electrons. The van der Waals surface area contributed by atoms with Gasteiger partial charge in [-0.1, -0.05) is 18.2 Å². The van der Waals surface area contributed by atoms with Crippen molar-refractivity contribution in [1.82, 2.24) is 0 Å². The van der Waals surface area contributed by atoms with Crippen LogP contribution in [0, 0.1) is 0 Å². The largest absolute Gasteiger partial charge is 0.508 e. The standard InChI is InChI=1S/C27H32O15/c28-9-17-20(33)22(35)24(37)26(41-17)39-13-7-15(32)19(14(31)6-3-11-1-4-12(30)5-2-11)16(8-13)40-27-25(38)23(36)21(34)18(10-29)42-27/h1-8,17-18,20-30,32-38H,9-10H2/t17-,18-,20-,21-,22+,23+,24-,25-,26-,27-/m1/s1. The third kappa shape index (κ3) is 6.66. The number of rotatable bonds is 9. The molecular weight excluding hydrogens is 564 g/mol. The summed E-state index contributed by atoms with van der Waals surface area (Å²) in [6.07, 6.45) is -14.3. The van der Waals surface area contributed by atoms with Gasteiger partial charge in [0.25, 0.3) is 0 Å². The first-order chi connectivity index (χ1) is 19.9. The summed E-state index contributed by atoms with van der Waals surface area (Å²) in [5, 5.41) is 100. The van der Waals surface area contributed by atoms with Gasteiger partial charge in [-0.3, -0.25) is 4.79 Å². The first-order valence-electron chi connectivity index (χ1n) is 12.8. The molecule has 0 bridgehead atoms. The van der Waals surface area contributed by atoms with E-state index in [-0.39, 0.29) is 11.5 Å². The fourth-order valence-corrected chi connectivity index (χ4v) is 4.41. The molecule has 0 aliphatic carbocycles. The number of phenolic OH excluding ortho intramolecular Hbond substituents is 2. The molecule has 10 atom stereocenters. The van der Waals surface area contributed by atoms with Gasteiger partial charge in [0.05, 0.1) is 13.2 Å². The van der Waals surface area contributed by atoms with E-state index < -0.39 is 97.5 Å². The molecule has 0 amide bonds. The van der Waals surface area contributed by atoms with E-state index in [2.05, 4.69) is 0 Å². The van der Waals surface area contributed by atoms with Crippen molar-refractivity contribution in [3.8, 4) is 23.0 Å². The summed E-state index contributed by atoms with van der Waals surface area (Å²) in [5.41, 5.74) is 0.0442. The zero-order valence-corrected chi connectivity index (χ0v) is 21.8. The lowest BCUT2D eigenvalue weighted by molar-refractivity contribution is -0.278. The van der Waals surface area contributed by atoms with Crippen LogP contribution in [-0.2, 0) is 9.47 Å². The summed E-state index contributed by atoms with van der Waals surface area (Å²) in [4.78, 5) is 13.2. The number of carbonyl (C=O) groups excluding carboxylic acids is 1. The third-order valence-electron chi connectivity index (χ3n) is 6.81. The number of aromatic hydroxyl groups is 2. The van der Waals surface area contributed by atoms with Crippen molar-refractivity contribution in [1.29, 1.82) is 0 Å². The molecule has 0 aromatic heterocycles. The number of phenols is 2. The van der Waals surface area contributed by atoms with Crippen molar-refractivity contribution in [2.75, 3.05) is 13.2 Å². The summed E-state index contributed by atoms with van der Waals surface area (Å²) in [7, 11) is 0. The Hall–Kier alpha value is -3.35. The predicted molar refractivity (Wildman–Crippen MR) is 138 cm³/mol. The van der Waals surface area contributed by atoms with Gasteiger partial charge in [-0.15, -0.1) is 0 Å². The maximum atomic E-state index is 13.2. The van der Waals surface area contributed by atoms with Crippen LogP contribution >= 0.6 is 0 Å². The highest BCUT2D eigenvalue weighted by atomic mass is 16.7. The lowest BCUT2D eigenvalue weighted by Gasteiger charge is -2.40. The van der Waals surface area contributed by atoms with E-state index in [4.69, 9.17) is 18.9 Å². The number of hydrogen-bond acceptors (Lipinski definition) is 15. The van der Waals surface area contributed by atoms with Crippen molar-refractivity contribution in [2.45, 2.75) is 61.4 Å². The summed E-state index contributed by atoms with van der Waals surface area (Å²) >= 11 is 0. The normalized spacial score (nSPS) is 33.4. The first kappa shape index (κ1) is 31.6. The first-order valence-corrected chi connectivity index (χ1v) is 12.8. The Kier molecular flexibility index (Phi) is 10.0. The quantitative estimate of drug-likeness (QED) is 0.105. The molecule has 2 aliphatic rings. The molecule has 4 rings (SSSR count). The Morgan fingerprint density at radius 1 is 0.738 bits per heavy atom. The highest BCUT2D eigenvalue weighted by Gasteiger charge is 2.46. The number of carbonyl (C=O) groups is 1. The van der Waals surface area contributed by atoms with E-state index in [1.54, 1.807) is 0 Å². The molecule has 2 heterocycles. The molecule has 2 saturated heterocycles. The van der Waals surface area contributed by atoms with Crippen molar-refractivity contribution in [3.05, 3.63) is 53.6 Å². The van der Waals surface area contributed by atoms with Crippen molar-refractivity contribution >= 4 is 11.9 Å². The molecule has 15 nitrogen and oxygen atoms in total. The summed E-state index contributed by atoms with van der Waals surface area (Å²) in [6.45, 7) is -1.50. The molecular formula is C27H32O15. The van der Waals surface area contributed by atoms with Crippen LogP contribution in [0.15, 0.2) is 42.5 Å². The molecule has 10 N–H and O–H groups in total. The lowest BCUT2D eigenvalue weighted by Crippen LogP contribution is -2.60. The molecule has 42 heavy (non-hydrogen) atoms. The molecule has 0 saturated carbocycles. The molecule has 0 unspecified atom stereocenters. The summed E-state index contributed by atoms with van der Waals surface area (Å²) in [5.74, 6) is -2.33. The van der Waals surface area contributed by atoms with E-state index >= 15 is 0 Å². The Morgan fingerprint density at radius 2 is 1.26 bits per heavy atom. The minimum atomic E-state index is -1.88. The van der Waals surface area contributed by atoms with Gasteiger partial charge in [0.2, 0.25) is 12.6 Å². The maximum absolute atomic E-state index is 13.2. The number of allylic oxidation sites excluding steroid dienone is 1. The van der Waals surface area contributed by atoms with Gasteiger partial charge in [-0.2, -0.15) is 0 Å². The fraction of sp³-hybridized carbons (Fsp3) is 0.444. The van der Waals surface area contributed by atoms with Crippen LogP contribution in [0.3, 0.4) is 0 Å². The number of aliphatic hydroxyl groups is 8. The average molecular weight is 597 g/mol. The highest BCUT2D eigenvalue weighted by molar-refractivity contribution is 6.10. The van der Waals surface area contributed by atoms with Gasteiger partial charge < -0.3 is 70.0 Å². The van der Waals surface area contributed by atoms with E-state index in [1.807, 2.05) is 0 Å². The summed E-state index contributed by atoms with van der Waals surface area (Å²) < 4.78 is 21.8. The Balaban J connectivity index is 1.68. The molecule has 0 radical (unpaired) electrons. The third-order valence-corrected chi connectivity index (χ3v) is 6.81. The van der Waals surface area contributed by atoms with Crippen molar-refractivity contribution in [2.24, 2.45) is 0 Å². The second kappa shape index (κ2) is 13.3. The molecule has 2 aliphatic heterocycles. The molecule has 2 fully saturated rings. The number of aliphatic hydroxyl groups excluding tert-OH is 8. The zero-order valence-electron chi connectivity index (χ0n) is 21.8. The topological polar surface area (TPSA) is 256 Å². The number of ether oxygens (including phenoxy) is 4. The van der Waals surface area contributed by atoms with E-state index in [9.17, 15) is 55.9 Å². The average Bonchev–Trinajstić information content (AvgIpc) is 2.97. The van der Waals surface area contributed by atoms with Gasteiger partial charge in [-0.25, -0.2) is 0 Å². The fourth-order valence-electron chi connectivity index (χ4n) is 4.41. The minimum absolute atomic E-state index is 0.00123. The second-order valence-corrected chi connectivity index (χ2v) is 9.73. The van der Waals surface area contributed by atoms with Gasteiger partial charge in [0, 0.05) is 12.1 Å². The van der Waals surface area contributed by atoms with Gasteiger partial charge in [0.1, 0.15) is 77.4 Å². The van der Waals surface area contributed by atoms with Crippen molar-refractivity contribution in [3.63, 3.8) is 0 Å². The molecule has 15 heteroatoms. The zero-order chi connectivity index (χ0) is 30.7. The Bertz CT molecular complexity index is 1250. The Labute approximate surface area is 238 Å². The Morgan fingerprint density at radius 3 is 1.79 bits per heavy atom. The SMILES string of the molecule is O=C(C=Cc1ccc(O)cc1)c1c(O)cc(O[C@@H]2O[C@H](CO)[C@@H](O)[C@H](O)[C@H]2O)cc1O[C@@H]1O[C@H](CO)[C@@H](O)[C@H](O)[C@H]1O. The van der Waals surface area contributed by atoms with Crippen molar-refractivity contribution < 1.29 is 74.8 Å². The van der Waals surface area contributed by atoms with Crippen LogP contribution in [0.1, 0.15) is 15.9 Å². The van der Waals surface area contributed by atoms with E-state index in [0.29, 0.717) is 5.56 Å². The van der Waals surface area contributed by atoms with Gasteiger partial charge >= 0.3 is 0 Å². The maximum Gasteiger partial charge on any atom is 0.229 e. The smallest absolute Gasteiger partial charge is 0.229 e. The van der Waals surface area contributed by atoms with Crippen LogP contribution in [-0.4, -0.2) is 131 Å². The predicted octanol–water partition coefficient (Wildman–Crippen LogP) is -2.65. The highest BCUT2D eigenvalue weighted by Crippen LogP contribution is 2.37. The van der Waals surface area contributed by atoms with Gasteiger partial charge in [-0.05, 0) is 23.8 Å². The monoisotopic (exact) mass is 596 g/mol. The molecule has 2 aromatic rings. The van der Waals surface area contributed by atoms with E-state index in [0.717, 1.165) is 18.2 Å². The number of benzene rings is 2. The number of ketones is 1. The van der Waals surface area contributed by atoms with Crippen LogP contribution in [0.5, 0.6) is 23.0 Å².